The zero-order valence-electron chi connectivity index (χ0n) is 48.8. The van der Waals surface area contributed by atoms with Crippen LogP contribution in [0.4, 0.5) is 0 Å². The zero-order chi connectivity index (χ0) is 62.4. The first-order valence-corrected chi connectivity index (χ1v) is 28.8. The molecule has 0 saturated heterocycles. The van der Waals surface area contributed by atoms with Gasteiger partial charge >= 0.3 is 11.9 Å². The molecule has 0 unspecified atom stereocenters. The van der Waals surface area contributed by atoms with Crippen molar-refractivity contribution in [2.24, 2.45) is 0 Å². The molecule has 22 heteroatoms. The molecule has 0 atom stereocenters. The number of ketones is 2. The van der Waals surface area contributed by atoms with Gasteiger partial charge in [0.25, 0.3) is 0 Å². The first-order chi connectivity index (χ1) is 41.4. The number of carbonyl (C=O) groups excluding carboxylic acids is 4. The van der Waals surface area contributed by atoms with Crippen LogP contribution in [0.3, 0.4) is 0 Å². The molecule has 448 valence electrons. The molecule has 0 bridgehead atoms. The number of benzene rings is 6. The molecule has 0 saturated carbocycles. The van der Waals surface area contributed by atoms with Gasteiger partial charge in [-0.3, -0.25) is 34.1 Å². The average Bonchev–Trinajstić information content (AvgIpc) is 1.16. The highest BCUT2D eigenvalue weighted by Gasteiger charge is 2.24. The van der Waals surface area contributed by atoms with E-state index in [0.29, 0.717) is 136 Å². The fraction of sp³-hybridized carbons (Fsp3) is 0.234. The predicted molar refractivity (Wildman–Crippen MR) is 334 cm³/mol. The number of ether oxygens (including phenoxy) is 11. The third-order valence-electron chi connectivity index (χ3n) is 12.8. The number of fused-ring (bicyclic) bond motifs is 3. The molecule has 0 amide bonds. The average molecular weight is 1370 g/mol. The lowest BCUT2D eigenvalue weighted by atomic mass is 9.98. The number of halogens is 3. The van der Waals surface area contributed by atoms with Gasteiger partial charge in [0.1, 0.15) is 0 Å². The number of hydrogen-bond donors (Lipinski definition) is 1. The van der Waals surface area contributed by atoms with Gasteiger partial charge in [0.05, 0.1) is 75.9 Å². The second-order valence-corrected chi connectivity index (χ2v) is 20.7. The summed E-state index contributed by atoms with van der Waals surface area (Å²) in [5.41, 5.74) is 3.51. The number of phenolic OH excluding ortho intramolecular Hbond substituents is 1. The number of esters is 2. The van der Waals surface area contributed by atoms with Crippen LogP contribution in [0.5, 0.6) is 69.0 Å². The number of aromatic hydroxyl groups is 1. The second-order valence-electron chi connectivity index (χ2n) is 18.2. The summed E-state index contributed by atoms with van der Waals surface area (Å²) in [7, 11) is 9.25. The van der Waals surface area contributed by atoms with Crippen molar-refractivity contribution >= 4 is 104 Å². The maximum absolute atomic E-state index is 13.3. The van der Waals surface area contributed by atoms with Gasteiger partial charge in [0.2, 0.25) is 0 Å². The quantitative estimate of drug-likeness (QED) is 0.0425. The third-order valence-corrected chi connectivity index (χ3v) is 14.6. The minimum absolute atomic E-state index is 0.0370. The van der Waals surface area contributed by atoms with Crippen LogP contribution < -0.4 is 52.1 Å². The number of nitrogens with zero attached hydrogens (tertiary/aromatic N) is 3. The minimum Gasteiger partial charge on any atom is -0.504 e. The Bertz CT molecular complexity index is 4010. The van der Waals surface area contributed by atoms with Crippen molar-refractivity contribution in [3.63, 3.8) is 0 Å². The van der Waals surface area contributed by atoms with Crippen molar-refractivity contribution in [3.05, 3.63) is 157 Å². The second kappa shape index (κ2) is 29.9. The van der Waals surface area contributed by atoms with Crippen LogP contribution in [0, 0.1) is 0 Å². The summed E-state index contributed by atoms with van der Waals surface area (Å²) in [6.07, 6.45) is 10.1. The van der Waals surface area contributed by atoms with E-state index in [-0.39, 0.29) is 23.1 Å². The Morgan fingerprint density at radius 3 is 1.24 bits per heavy atom. The zero-order valence-corrected chi connectivity index (χ0v) is 53.5. The SMILES string of the molecule is CCOc1ccc2c(C(=O)c3cc(Br)c(OC)c(OC)c3)cncc2c1O.CCOc1ccc2c(C(=O)c3cc(Br)c(OC)c(OC)c3)cncc2c1OC(C)=O.CCOc1ccc2c(Cc3cc(Br)c(OC)c(OC)c3)cncc2c1OC(C)=O. The molecule has 19 nitrogen and oxygen atoms in total. The van der Waals surface area contributed by atoms with Crippen molar-refractivity contribution in [2.45, 2.75) is 41.0 Å². The molecule has 0 fully saturated rings. The lowest BCUT2D eigenvalue weighted by Crippen LogP contribution is -2.07. The number of carbonyl (C=O) groups is 4. The highest BCUT2D eigenvalue weighted by Crippen LogP contribution is 2.43. The maximum Gasteiger partial charge on any atom is 0.308 e. The Balaban J connectivity index is 0.000000185. The van der Waals surface area contributed by atoms with Gasteiger partial charge in [-0.2, -0.15) is 0 Å². The lowest BCUT2D eigenvalue weighted by molar-refractivity contribution is -0.132. The fourth-order valence-electron chi connectivity index (χ4n) is 9.18. The van der Waals surface area contributed by atoms with Crippen LogP contribution in [0.15, 0.2) is 123 Å². The molecule has 86 heavy (non-hydrogen) atoms. The standard InChI is InChI=1S/C22H20BrNO6.C22H22BrNO5.C20H18BrNO5/c1-5-29-18-7-6-14-15(10-24-11-16(14)21(18)30-12(2)25)20(26)13-8-17(23)22(28-4)19(9-13)27-3;1-5-28-19-7-6-16-15(11-24-12-17(16)21(19)29-13(2)25)8-14-9-18(23)22(27-4)20(10-14)26-3;1-4-27-16-6-5-12-13(9-22-10-14(12)19(16)24)18(23)11-7-15(21)20(26-3)17(8-11)25-2/h6-11H,5H2,1-4H3;6-7,9-12H,5,8H2,1-4H3;5-10,24H,4H2,1-3H3. The van der Waals surface area contributed by atoms with E-state index < -0.39 is 11.9 Å². The molecule has 0 aliphatic heterocycles. The van der Waals surface area contributed by atoms with Crippen molar-refractivity contribution in [1.29, 1.82) is 0 Å². The van der Waals surface area contributed by atoms with E-state index in [1.807, 2.05) is 51.2 Å². The van der Waals surface area contributed by atoms with E-state index in [4.69, 9.17) is 52.1 Å². The van der Waals surface area contributed by atoms with Crippen LogP contribution >= 0.6 is 47.8 Å². The molecule has 6 aromatic carbocycles. The van der Waals surface area contributed by atoms with E-state index in [1.54, 1.807) is 68.9 Å². The van der Waals surface area contributed by atoms with Crippen LogP contribution in [-0.4, -0.2) is 106 Å². The third kappa shape index (κ3) is 14.5. The largest absolute Gasteiger partial charge is 0.504 e. The van der Waals surface area contributed by atoms with Gasteiger partial charge in [0.15, 0.2) is 80.6 Å². The summed E-state index contributed by atoms with van der Waals surface area (Å²) < 4.78 is 61.5. The topological polar surface area (TPSA) is 229 Å². The van der Waals surface area contributed by atoms with Crippen molar-refractivity contribution in [2.75, 3.05) is 62.5 Å². The smallest absolute Gasteiger partial charge is 0.308 e. The molecular formula is C64H60Br3N3O16. The Morgan fingerprint density at radius 2 is 0.802 bits per heavy atom. The van der Waals surface area contributed by atoms with E-state index in [0.717, 1.165) is 26.4 Å². The van der Waals surface area contributed by atoms with E-state index in [2.05, 4.69) is 62.7 Å². The number of aromatic nitrogens is 3. The van der Waals surface area contributed by atoms with Gasteiger partial charge in [-0.05, 0) is 169 Å². The van der Waals surface area contributed by atoms with Crippen molar-refractivity contribution in [1.82, 2.24) is 15.0 Å². The highest BCUT2D eigenvalue weighted by molar-refractivity contribution is 9.11. The number of rotatable bonds is 20. The molecule has 9 aromatic rings. The molecule has 0 spiro atoms. The summed E-state index contributed by atoms with van der Waals surface area (Å²) in [4.78, 5) is 62.4. The first-order valence-electron chi connectivity index (χ1n) is 26.4. The van der Waals surface area contributed by atoms with Gasteiger partial charge in [0, 0.05) is 89.4 Å². The van der Waals surface area contributed by atoms with Crippen LogP contribution in [-0.2, 0) is 16.0 Å². The van der Waals surface area contributed by atoms with Gasteiger partial charge in [-0.1, -0.05) is 6.07 Å². The summed E-state index contributed by atoms with van der Waals surface area (Å²) in [5, 5.41) is 14.2. The van der Waals surface area contributed by atoms with Gasteiger partial charge < -0.3 is 57.2 Å². The van der Waals surface area contributed by atoms with Crippen LogP contribution in [0.2, 0.25) is 0 Å². The highest BCUT2D eigenvalue weighted by atomic mass is 79.9. The molecule has 3 aromatic heterocycles. The number of phenols is 1. The minimum atomic E-state index is -0.496. The maximum atomic E-state index is 13.3. The fourth-order valence-corrected chi connectivity index (χ4v) is 11.0. The van der Waals surface area contributed by atoms with Gasteiger partial charge in [-0.15, -0.1) is 0 Å². The summed E-state index contributed by atoms with van der Waals surface area (Å²) in [5.74, 6) is 3.56. The number of hydrogen-bond acceptors (Lipinski definition) is 19. The molecule has 1 N–H and O–H groups in total. The summed E-state index contributed by atoms with van der Waals surface area (Å²) >= 11 is 10.3. The molecular weight excluding hydrogens is 1310 g/mol. The molecule has 0 aliphatic carbocycles. The molecule has 0 aliphatic rings. The molecule has 3 heterocycles. The van der Waals surface area contributed by atoms with Crippen molar-refractivity contribution in [3.8, 4) is 69.0 Å². The lowest BCUT2D eigenvalue weighted by Gasteiger charge is -2.15. The summed E-state index contributed by atoms with van der Waals surface area (Å²) in [6, 6.07) is 21.0. The van der Waals surface area contributed by atoms with Crippen LogP contribution in [0.25, 0.3) is 32.3 Å². The Labute approximate surface area is 521 Å². The van der Waals surface area contributed by atoms with E-state index in [9.17, 15) is 24.3 Å². The first kappa shape index (κ1) is 64.8. The number of methoxy groups -OCH3 is 6. The van der Waals surface area contributed by atoms with Crippen LogP contribution in [0.1, 0.15) is 77.6 Å². The summed E-state index contributed by atoms with van der Waals surface area (Å²) in [6.45, 7) is 9.49. The Kier molecular flexibility index (Phi) is 22.5. The van der Waals surface area contributed by atoms with Gasteiger partial charge in [-0.25, -0.2) is 0 Å². The number of pyridine rings is 3. The normalized spacial score (nSPS) is 10.6. The van der Waals surface area contributed by atoms with Crippen molar-refractivity contribution < 1.29 is 76.4 Å². The Hall–Kier alpha value is -8.73. The predicted octanol–water partition coefficient (Wildman–Crippen LogP) is 13.8. The van der Waals surface area contributed by atoms with E-state index >= 15 is 0 Å². The molecule has 9 rings (SSSR count). The monoisotopic (exact) mass is 1360 g/mol. The Morgan fingerprint density at radius 1 is 0.419 bits per heavy atom. The van der Waals surface area contributed by atoms with E-state index in [1.165, 1.54) is 67.1 Å². The molecule has 0 radical (unpaired) electrons.